The third-order valence-corrected chi connectivity index (χ3v) is 4.34. The molecule has 0 aromatic rings. The Kier molecular flexibility index (Phi) is 1.56. The van der Waals surface area contributed by atoms with Gasteiger partial charge in [0.25, 0.3) is 0 Å². The van der Waals surface area contributed by atoms with Crippen molar-refractivity contribution in [2.45, 2.75) is 38.0 Å². The number of nitrogens with two attached hydrogens (primary N) is 1. The van der Waals surface area contributed by atoms with Crippen LogP contribution in [0.2, 0.25) is 0 Å². The Bertz CT molecular complexity index is 229. The van der Waals surface area contributed by atoms with Gasteiger partial charge < -0.3 is 15.6 Å². The van der Waals surface area contributed by atoms with Crippen LogP contribution in [0.25, 0.3) is 0 Å². The van der Waals surface area contributed by atoms with Crippen LogP contribution >= 0.6 is 0 Å². The van der Waals surface area contributed by atoms with Gasteiger partial charge in [-0.05, 0) is 31.1 Å². The lowest BCUT2D eigenvalue weighted by Gasteiger charge is -2.35. The molecule has 1 saturated heterocycles. The Balaban J connectivity index is 1.86. The van der Waals surface area contributed by atoms with Crippen LogP contribution in [0.1, 0.15) is 25.7 Å². The van der Waals surface area contributed by atoms with Crippen LogP contribution < -0.4 is 5.73 Å². The molecular formula is C10H17NO2. The monoisotopic (exact) mass is 183 g/mol. The summed E-state index contributed by atoms with van der Waals surface area (Å²) in [6, 6.07) is 0.368. The van der Waals surface area contributed by atoms with Crippen LogP contribution in [0, 0.1) is 17.3 Å². The molecule has 3 N–H and O–H groups in total. The van der Waals surface area contributed by atoms with Gasteiger partial charge in [-0.15, -0.1) is 0 Å². The molecule has 0 amide bonds. The minimum atomic E-state index is -0.522. The predicted octanol–water partition coefficient (Wildman–Crippen LogP) is 0.469. The maximum atomic E-state index is 9.41. The van der Waals surface area contributed by atoms with E-state index in [1.807, 2.05) is 0 Å². The number of aliphatic hydroxyl groups is 1. The van der Waals surface area contributed by atoms with Crippen LogP contribution in [0.3, 0.4) is 0 Å². The fraction of sp³-hybridized carbons (Fsp3) is 1.00. The number of rotatable bonds is 0. The van der Waals surface area contributed by atoms with Gasteiger partial charge in [0.05, 0.1) is 6.61 Å². The molecule has 2 aliphatic carbocycles. The smallest absolute Gasteiger partial charge is 0.155 e. The van der Waals surface area contributed by atoms with Crippen LogP contribution in [-0.2, 0) is 4.74 Å². The molecule has 2 bridgehead atoms. The van der Waals surface area contributed by atoms with Crippen molar-refractivity contribution in [2.24, 2.45) is 23.0 Å². The molecule has 3 rings (SSSR count). The first-order valence-electron chi connectivity index (χ1n) is 5.25. The number of ether oxygens (including phenoxy) is 1. The van der Waals surface area contributed by atoms with Gasteiger partial charge in [0.1, 0.15) is 0 Å². The van der Waals surface area contributed by atoms with Crippen molar-refractivity contribution in [3.8, 4) is 0 Å². The fourth-order valence-electron chi connectivity index (χ4n) is 3.90. The second-order valence-corrected chi connectivity index (χ2v) is 5.14. The van der Waals surface area contributed by atoms with E-state index in [0.29, 0.717) is 12.0 Å². The molecule has 1 spiro atoms. The minimum absolute atomic E-state index is 0.252. The lowest BCUT2D eigenvalue weighted by atomic mass is 9.70. The molecule has 3 fully saturated rings. The summed E-state index contributed by atoms with van der Waals surface area (Å²) < 4.78 is 5.29. The SMILES string of the molecule is NC1CC2CC1C1(COC(O)C1)C2. The third kappa shape index (κ3) is 1.01. The quantitative estimate of drug-likeness (QED) is 0.574. The lowest BCUT2D eigenvalue weighted by molar-refractivity contribution is -0.0600. The highest BCUT2D eigenvalue weighted by Crippen LogP contribution is 2.59. The summed E-state index contributed by atoms with van der Waals surface area (Å²) in [5, 5.41) is 9.41. The highest BCUT2D eigenvalue weighted by molar-refractivity contribution is 5.07. The second kappa shape index (κ2) is 2.47. The average Bonchev–Trinajstić information content (AvgIpc) is 2.66. The molecule has 0 radical (unpaired) electrons. The van der Waals surface area contributed by atoms with Crippen molar-refractivity contribution >= 4 is 0 Å². The number of hydrogen-bond acceptors (Lipinski definition) is 3. The molecule has 13 heavy (non-hydrogen) atoms. The Morgan fingerprint density at radius 1 is 1.31 bits per heavy atom. The first kappa shape index (κ1) is 8.21. The topological polar surface area (TPSA) is 55.5 Å². The Morgan fingerprint density at radius 3 is 2.69 bits per heavy atom. The molecule has 3 nitrogen and oxygen atoms in total. The molecule has 5 atom stereocenters. The summed E-state index contributed by atoms with van der Waals surface area (Å²) in [6.07, 6.45) is 4.01. The van der Waals surface area contributed by atoms with Gasteiger partial charge in [-0.2, -0.15) is 0 Å². The lowest BCUT2D eigenvalue weighted by Crippen LogP contribution is -2.41. The maximum Gasteiger partial charge on any atom is 0.155 e. The summed E-state index contributed by atoms with van der Waals surface area (Å²) in [6.45, 7) is 0.739. The molecule has 5 unspecified atom stereocenters. The highest BCUT2D eigenvalue weighted by Gasteiger charge is 2.57. The summed E-state index contributed by atoms with van der Waals surface area (Å²) in [5.41, 5.74) is 6.33. The Hall–Kier alpha value is -0.120. The van der Waals surface area contributed by atoms with Gasteiger partial charge in [0, 0.05) is 17.9 Å². The zero-order chi connectivity index (χ0) is 9.05. The van der Waals surface area contributed by atoms with E-state index in [0.717, 1.165) is 18.9 Å². The van der Waals surface area contributed by atoms with E-state index in [1.165, 1.54) is 19.3 Å². The van der Waals surface area contributed by atoms with E-state index in [-0.39, 0.29) is 5.41 Å². The van der Waals surface area contributed by atoms with Crippen LogP contribution in [0.15, 0.2) is 0 Å². The molecule has 0 aromatic carbocycles. The van der Waals surface area contributed by atoms with Gasteiger partial charge in [-0.1, -0.05) is 0 Å². The van der Waals surface area contributed by atoms with Gasteiger partial charge in [0.2, 0.25) is 0 Å². The largest absolute Gasteiger partial charge is 0.368 e. The first-order chi connectivity index (χ1) is 6.20. The summed E-state index contributed by atoms with van der Waals surface area (Å²) in [5.74, 6) is 1.43. The summed E-state index contributed by atoms with van der Waals surface area (Å²) in [4.78, 5) is 0. The number of aliphatic hydroxyl groups excluding tert-OH is 1. The number of hydrogen-bond donors (Lipinski definition) is 2. The minimum Gasteiger partial charge on any atom is -0.368 e. The molecule has 2 saturated carbocycles. The van der Waals surface area contributed by atoms with Crippen molar-refractivity contribution in [3.05, 3.63) is 0 Å². The van der Waals surface area contributed by atoms with Gasteiger partial charge in [-0.25, -0.2) is 0 Å². The maximum absolute atomic E-state index is 9.41. The first-order valence-corrected chi connectivity index (χ1v) is 5.25. The van der Waals surface area contributed by atoms with Crippen molar-refractivity contribution < 1.29 is 9.84 Å². The fourth-order valence-corrected chi connectivity index (χ4v) is 3.90. The van der Waals surface area contributed by atoms with Crippen molar-refractivity contribution in [2.75, 3.05) is 6.61 Å². The van der Waals surface area contributed by atoms with E-state index in [9.17, 15) is 5.11 Å². The van der Waals surface area contributed by atoms with Crippen molar-refractivity contribution in [3.63, 3.8) is 0 Å². The molecule has 74 valence electrons. The van der Waals surface area contributed by atoms with Crippen LogP contribution in [-0.4, -0.2) is 24.0 Å². The third-order valence-electron chi connectivity index (χ3n) is 4.34. The van der Waals surface area contributed by atoms with Gasteiger partial charge >= 0.3 is 0 Å². The number of fused-ring (bicyclic) bond motifs is 3. The molecule has 3 aliphatic rings. The van der Waals surface area contributed by atoms with E-state index in [2.05, 4.69) is 0 Å². The summed E-state index contributed by atoms with van der Waals surface area (Å²) >= 11 is 0. The van der Waals surface area contributed by atoms with E-state index < -0.39 is 6.29 Å². The average molecular weight is 183 g/mol. The predicted molar refractivity (Wildman–Crippen MR) is 47.8 cm³/mol. The van der Waals surface area contributed by atoms with Crippen molar-refractivity contribution in [1.29, 1.82) is 0 Å². The van der Waals surface area contributed by atoms with Crippen LogP contribution in [0.5, 0.6) is 0 Å². The molecule has 1 aliphatic heterocycles. The second-order valence-electron chi connectivity index (χ2n) is 5.14. The summed E-state index contributed by atoms with van der Waals surface area (Å²) in [7, 11) is 0. The van der Waals surface area contributed by atoms with E-state index >= 15 is 0 Å². The van der Waals surface area contributed by atoms with E-state index in [1.54, 1.807) is 0 Å². The van der Waals surface area contributed by atoms with Gasteiger partial charge in [0.15, 0.2) is 6.29 Å². The Labute approximate surface area is 78.3 Å². The molecule has 3 heteroatoms. The zero-order valence-electron chi connectivity index (χ0n) is 7.78. The standard InChI is InChI=1S/C10H17NO2/c11-8-2-6-1-7(8)10(3-6)4-9(12)13-5-10/h6-9,12H,1-5,11H2. The van der Waals surface area contributed by atoms with Gasteiger partial charge in [-0.3, -0.25) is 0 Å². The van der Waals surface area contributed by atoms with Crippen LogP contribution in [0.4, 0.5) is 0 Å². The van der Waals surface area contributed by atoms with Crippen molar-refractivity contribution in [1.82, 2.24) is 0 Å². The highest BCUT2D eigenvalue weighted by atomic mass is 16.6. The molecule has 1 heterocycles. The molecule has 0 aromatic heterocycles. The molecular weight excluding hydrogens is 166 g/mol. The van der Waals surface area contributed by atoms with E-state index in [4.69, 9.17) is 10.5 Å². The zero-order valence-corrected chi connectivity index (χ0v) is 7.78. The normalized spacial score (nSPS) is 59.5. The Morgan fingerprint density at radius 2 is 2.15 bits per heavy atom.